The van der Waals surface area contributed by atoms with Crippen LogP contribution in [0.4, 0.5) is 0 Å². The summed E-state index contributed by atoms with van der Waals surface area (Å²) in [6.45, 7) is 6.46. The number of hydroxylamine groups is 3. The summed E-state index contributed by atoms with van der Waals surface area (Å²) >= 11 is 0. The summed E-state index contributed by atoms with van der Waals surface area (Å²) in [5.74, 6) is -2.55. The zero-order valence-corrected chi connectivity index (χ0v) is 25.6. The third-order valence-electron chi connectivity index (χ3n) is 7.97. The van der Waals surface area contributed by atoms with Gasteiger partial charge in [-0.05, 0) is 82.5 Å². The molecular formula is C30H40N7O8. The minimum absolute atomic E-state index is 0.00438. The van der Waals surface area contributed by atoms with Gasteiger partial charge in [-0.15, -0.1) is 0 Å². The Morgan fingerprint density at radius 3 is 2.18 bits per heavy atom. The van der Waals surface area contributed by atoms with Crippen LogP contribution in [0.25, 0.3) is 0 Å². The first-order valence-electron chi connectivity index (χ1n) is 14.3. The lowest BCUT2D eigenvalue weighted by atomic mass is 9.84. The summed E-state index contributed by atoms with van der Waals surface area (Å²) in [6.07, 6.45) is 0.319. The summed E-state index contributed by atoms with van der Waals surface area (Å²) in [5, 5.41) is 50.8. The molecule has 3 rings (SSSR count). The molecule has 2 aromatic carbocycles. The second-order valence-electron chi connectivity index (χ2n) is 11.7. The number of aliphatic carboxylic acids is 1. The molecule has 0 spiro atoms. The van der Waals surface area contributed by atoms with Crippen molar-refractivity contribution in [1.29, 1.82) is 0 Å². The number of amidine groups is 1. The van der Waals surface area contributed by atoms with Crippen molar-refractivity contribution >= 4 is 29.6 Å². The normalized spacial score (nSPS) is 16.4. The lowest BCUT2D eigenvalue weighted by molar-refractivity contribution is -0.539. The second kappa shape index (κ2) is 14.2. The zero-order valence-electron chi connectivity index (χ0n) is 25.6. The highest BCUT2D eigenvalue weighted by Crippen LogP contribution is 2.37. The number of nitrogens with two attached hydrogens (primary N) is 2. The van der Waals surface area contributed by atoms with E-state index in [0.29, 0.717) is 20.9 Å². The molecule has 0 bridgehead atoms. The number of guanidine groups is 1. The minimum Gasteiger partial charge on any atom is -0.714 e. The maximum Gasteiger partial charge on any atom is 0.326 e. The van der Waals surface area contributed by atoms with Gasteiger partial charge >= 0.3 is 11.8 Å². The van der Waals surface area contributed by atoms with E-state index in [4.69, 9.17) is 16.2 Å². The number of phenolic OH excluding ortho intramolecular Hbond substituents is 1. The number of nitrogens with zero attached hydrogens (tertiary/aromatic N) is 3. The van der Waals surface area contributed by atoms with Gasteiger partial charge in [0.15, 0.2) is 18.1 Å². The fourth-order valence-electron chi connectivity index (χ4n) is 4.54. The van der Waals surface area contributed by atoms with Gasteiger partial charge in [-0.1, -0.05) is 17.2 Å². The van der Waals surface area contributed by atoms with Gasteiger partial charge in [0.05, 0.1) is 5.56 Å². The largest absolute Gasteiger partial charge is 0.714 e. The van der Waals surface area contributed by atoms with Crippen LogP contribution in [0.15, 0.2) is 53.5 Å². The van der Waals surface area contributed by atoms with Gasteiger partial charge in [-0.25, -0.2) is 4.79 Å². The highest BCUT2D eigenvalue weighted by Gasteiger charge is 2.59. The third-order valence-corrected chi connectivity index (χ3v) is 7.97. The quantitative estimate of drug-likeness (QED) is 0.0561. The van der Waals surface area contributed by atoms with Crippen molar-refractivity contribution in [3.8, 4) is 11.5 Å². The monoisotopic (exact) mass is 626 g/mol. The molecule has 0 aromatic heterocycles. The molecule has 0 saturated heterocycles. The van der Waals surface area contributed by atoms with Crippen molar-refractivity contribution in [2.75, 3.05) is 13.2 Å². The molecule has 1 aliphatic rings. The molecule has 2 atom stereocenters. The average Bonchev–Trinajstić information content (AvgIpc) is 3.09. The molecule has 0 fully saturated rings. The summed E-state index contributed by atoms with van der Waals surface area (Å²) in [6, 6.07) is 9.65. The van der Waals surface area contributed by atoms with Crippen molar-refractivity contribution in [2.24, 2.45) is 16.5 Å². The van der Waals surface area contributed by atoms with Crippen LogP contribution in [0.5, 0.6) is 11.5 Å². The van der Waals surface area contributed by atoms with E-state index < -0.39 is 47.6 Å². The van der Waals surface area contributed by atoms with Gasteiger partial charge in [0.25, 0.3) is 5.91 Å². The average molecular weight is 627 g/mol. The Morgan fingerprint density at radius 1 is 1.02 bits per heavy atom. The number of carboxylic acid groups (broad SMARTS) is 1. The third kappa shape index (κ3) is 8.32. The number of amides is 2. The molecule has 243 valence electrons. The van der Waals surface area contributed by atoms with Gasteiger partial charge in [0.1, 0.15) is 29.1 Å². The number of aliphatic imine (C=N–C) groups is 1. The van der Waals surface area contributed by atoms with E-state index in [-0.39, 0.29) is 49.1 Å². The first-order valence-corrected chi connectivity index (χ1v) is 14.3. The standard InChI is InChI=1S/C30H40N7O8/c1-29(2)30(3,4)37(44)26(36(29)43)19-9-13-21(14-10-19)45-17-24(39)34-23(16-18-7-11-20(38)12-8-18)25(40)35-22(27(41)42)6-5-15-33-28(31)32/h7-14,22-23,38H,5-6,15-17H2,1-4H3,(H,34,39)(H,35,40)(H,41,42)(H4,31,32,33)/t22-,23-/m0/s1. The van der Waals surface area contributed by atoms with Crippen molar-refractivity contribution in [1.82, 2.24) is 15.7 Å². The Kier molecular flexibility index (Phi) is 10.8. The second-order valence-corrected chi connectivity index (χ2v) is 11.7. The predicted molar refractivity (Wildman–Crippen MR) is 164 cm³/mol. The molecule has 15 nitrogen and oxygen atoms in total. The number of carboxylic acids is 1. The first-order chi connectivity index (χ1) is 21.0. The van der Waals surface area contributed by atoms with Crippen molar-refractivity contribution < 1.29 is 39.3 Å². The number of carbonyl (C=O) groups excluding carboxylic acids is 2. The Bertz CT molecular complexity index is 1440. The molecule has 8 N–H and O–H groups in total. The number of ether oxygens (including phenoxy) is 1. The van der Waals surface area contributed by atoms with E-state index in [2.05, 4.69) is 15.6 Å². The van der Waals surface area contributed by atoms with E-state index in [1.165, 1.54) is 36.4 Å². The van der Waals surface area contributed by atoms with Crippen LogP contribution in [0.2, 0.25) is 0 Å². The van der Waals surface area contributed by atoms with E-state index in [9.17, 15) is 35.0 Å². The first kappa shape index (κ1) is 34.4. The molecule has 2 aromatic rings. The van der Waals surface area contributed by atoms with E-state index in [1.54, 1.807) is 39.8 Å². The Labute approximate surface area is 260 Å². The SMILES string of the molecule is CC1(C)N([O])C(c2ccc(OCC(=O)N[C@@H](Cc3ccc(O)cc3)C(=O)N[C@@H](CCCN=C(N)N)C(=O)O)cc2)=[N+]([O-])C1(C)C. The number of aromatic hydroxyl groups is 1. The predicted octanol–water partition coefficient (Wildman–Crippen LogP) is 0.597. The lowest BCUT2D eigenvalue weighted by Gasteiger charge is -2.32. The molecule has 45 heavy (non-hydrogen) atoms. The Balaban J connectivity index is 1.68. The van der Waals surface area contributed by atoms with E-state index in [1.807, 2.05) is 0 Å². The van der Waals surface area contributed by atoms with E-state index in [0.717, 1.165) is 0 Å². The minimum atomic E-state index is -1.27. The van der Waals surface area contributed by atoms with Crippen molar-refractivity contribution in [2.45, 2.75) is 70.1 Å². The van der Waals surface area contributed by atoms with Gasteiger partial charge < -0.3 is 42.3 Å². The smallest absolute Gasteiger partial charge is 0.326 e. The van der Waals surface area contributed by atoms with Crippen LogP contribution in [0, 0.1) is 5.21 Å². The van der Waals surface area contributed by atoms with Crippen LogP contribution in [-0.2, 0) is 26.0 Å². The highest BCUT2D eigenvalue weighted by molar-refractivity contribution is 5.96. The number of benzene rings is 2. The van der Waals surface area contributed by atoms with Crippen LogP contribution < -0.4 is 26.8 Å². The van der Waals surface area contributed by atoms with Crippen molar-refractivity contribution in [3.63, 3.8) is 0 Å². The number of rotatable bonds is 14. The van der Waals surface area contributed by atoms with Gasteiger partial charge in [-0.2, -0.15) is 0 Å². The van der Waals surface area contributed by atoms with E-state index >= 15 is 0 Å². The number of hydrogen-bond acceptors (Lipinski definition) is 8. The zero-order chi connectivity index (χ0) is 33.5. The van der Waals surface area contributed by atoms with Crippen LogP contribution >= 0.6 is 0 Å². The molecule has 0 aliphatic carbocycles. The van der Waals surface area contributed by atoms with Gasteiger partial charge in [0, 0.05) is 18.2 Å². The van der Waals surface area contributed by atoms with Crippen LogP contribution in [0.1, 0.15) is 51.7 Å². The molecule has 2 amide bonds. The van der Waals surface area contributed by atoms with Crippen LogP contribution in [0.3, 0.4) is 0 Å². The van der Waals surface area contributed by atoms with Gasteiger partial charge in [-0.3, -0.25) is 19.3 Å². The van der Waals surface area contributed by atoms with Crippen molar-refractivity contribution in [3.05, 3.63) is 64.9 Å². The molecule has 1 radical (unpaired) electrons. The fourth-order valence-corrected chi connectivity index (χ4v) is 4.54. The topological polar surface area (TPSA) is 239 Å². The molecule has 1 aliphatic heterocycles. The molecule has 15 heteroatoms. The van der Waals surface area contributed by atoms with Crippen LogP contribution in [-0.4, -0.2) is 85.9 Å². The summed E-state index contributed by atoms with van der Waals surface area (Å²) in [4.78, 5) is 41.6. The Morgan fingerprint density at radius 2 is 1.64 bits per heavy atom. The molecule has 1 heterocycles. The lowest BCUT2D eigenvalue weighted by Crippen LogP contribution is -2.53. The molecule has 0 unspecified atom stereocenters. The summed E-state index contributed by atoms with van der Waals surface area (Å²) < 4.78 is 6.27. The molecular weight excluding hydrogens is 586 g/mol. The summed E-state index contributed by atoms with van der Waals surface area (Å²) in [7, 11) is 0. The molecule has 0 saturated carbocycles. The number of phenols is 1. The number of hydrogen-bond donors (Lipinski definition) is 6. The maximum absolute atomic E-state index is 13.2. The maximum atomic E-state index is 13.2. The number of nitrogens with one attached hydrogen (secondary N) is 2. The summed E-state index contributed by atoms with van der Waals surface area (Å²) in [5.41, 5.74) is 9.61. The number of carbonyl (C=O) groups is 3. The Hall–Kier alpha value is -5.05. The fraction of sp³-hybridized carbons (Fsp3) is 0.433. The highest BCUT2D eigenvalue weighted by atomic mass is 16.5. The van der Waals surface area contributed by atoms with Gasteiger partial charge in [0.2, 0.25) is 5.91 Å².